The molecule has 0 aliphatic carbocycles. The van der Waals surface area contributed by atoms with Crippen molar-refractivity contribution >= 4 is 16.0 Å². The van der Waals surface area contributed by atoms with Gasteiger partial charge in [0.1, 0.15) is 6.61 Å². The highest BCUT2D eigenvalue weighted by atomic mass is 32.2. The van der Waals surface area contributed by atoms with Gasteiger partial charge < -0.3 is 18.6 Å². The molecular weight excluding hydrogens is 346 g/mol. The van der Waals surface area contributed by atoms with Crippen molar-refractivity contribution in [2.45, 2.75) is 39.8 Å². The SMILES string of the molecule is CC[C@@H](C)N(Cc1ccc(OC)c(OS(=O)(=O)CC)c1)C(=O)COC. The Morgan fingerprint density at radius 3 is 2.40 bits per heavy atom. The molecule has 0 spiro atoms. The minimum Gasteiger partial charge on any atom is -0.493 e. The van der Waals surface area contributed by atoms with E-state index in [-0.39, 0.29) is 30.1 Å². The summed E-state index contributed by atoms with van der Waals surface area (Å²) >= 11 is 0. The lowest BCUT2D eigenvalue weighted by Gasteiger charge is -2.28. The molecule has 0 aliphatic rings. The van der Waals surface area contributed by atoms with Crippen LogP contribution in [0.5, 0.6) is 11.5 Å². The van der Waals surface area contributed by atoms with Gasteiger partial charge in [-0.1, -0.05) is 13.0 Å². The zero-order valence-electron chi connectivity index (χ0n) is 15.4. The molecule has 25 heavy (non-hydrogen) atoms. The number of benzene rings is 1. The van der Waals surface area contributed by atoms with Crippen molar-refractivity contribution in [3.63, 3.8) is 0 Å². The second-order valence-electron chi connectivity index (χ2n) is 5.63. The van der Waals surface area contributed by atoms with Gasteiger partial charge >= 0.3 is 10.1 Å². The monoisotopic (exact) mass is 373 g/mol. The molecule has 1 amide bonds. The highest BCUT2D eigenvalue weighted by molar-refractivity contribution is 7.87. The standard InChI is InChI=1S/C17H27NO6S/c1-6-13(3)18(17(19)12-22-4)11-14-8-9-15(23-5)16(10-14)24-25(20,21)7-2/h8-10,13H,6-7,11-12H2,1-5H3/t13-/m1/s1. The molecule has 8 heteroatoms. The van der Waals surface area contributed by atoms with Gasteiger partial charge in [-0.15, -0.1) is 0 Å². The van der Waals surface area contributed by atoms with Gasteiger partial charge in [0.15, 0.2) is 11.5 Å². The van der Waals surface area contributed by atoms with E-state index in [1.165, 1.54) is 21.1 Å². The van der Waals surface area contributed by atoms with Gasteiger partial charge in [-0.2, -0.15) is 8.42 Å². The van der Waals surface area contributed by atoms with Gasteiger partial charge in [0.05, 0.1) is 12.9 Å². The van der Waals surface area contributed by atoms with Crippen LogP contribution in [0.2, 0.25) is 0 Å². The predicted octanol–water partition coefficient (Wildman–Crippen LogP) is 2.20. The molecule has 0 fully saturated rings. The first-order valence-corrected chi connectivity index (χ1v) is 9.73. The molecule has 0 radical (unpaired) electrons. The molecule has 142 valence electrons. The maximum absolute atomic E-state index is 12.3. The van der Waals surface area contributed by atoms with Crippen LogP contribution in [0.25, 0.3) is 0 Å². The van der Waals surface area contributed by atoms with Gasteiger partial charge in [0, 0.05) is 19.7 Å². The lowest BCUT2D eigenvalue weighted by atomic mass is 10.1. The molecule has 0 saturated heterocycles. The van der Waals surface area contributed by atoms with E-state index < -0.39 is 10.1 Å². The first kappa shape index (κ1) is 21.2. The molecule has 1 aromatic rings. The molecule has 0 bridgehead atoms. The fourth-order valence-corrected chi connectivity index (χ4v) is 2.72. The zero-order valence-corrected chi connectivity index (χ0v) is 16.3. The third kappa shape index (κ3) is 6.21. The van der Waals surface area contributed by atoms with E-state index in [2.05, 4.69) is 0 Å². The van der Waals surface area contributed by atoms with Crippen molar-refractivity contribution in [1.82, 2.24) is 4.90 Å². The first-order chi connectivity index (χ1) is 11.8. The number of amides is 1. The third-order valence-electron chi connectivity index (χ3n) is 3.86. The van der Waals surface area contributed by atoms with Crippen molar-refractivity contribution < 1.29 is 26.9 Å². The normalized spacial score (nSPS) is 12.5. The molecule has 0 N–H and O–H groups in total. The van der Waals surface area contributed by atoms with E-state index in [0.29, 0.717) is 12.3 Å². The Kier molecular flexibility index (Phi) is 8.18. The second kappa shape index (κ2) is 9.62. The molecule has 0 unspecified atom stereocenters. The van der Waals surface area contributed by atoms with Crippen LogP contribution in [0.15, 0.2) is 18.2 Å². The lowest BCUT2D eigenvalue weighted by Crippen LogP contribution is -2.39. The number of nitrogens with zero attached hydrogens (tertiary/aromatic N) is 1. The van der Waals surface area contributed by atoms with Crippen LogP contribution >= 0.6 is 0 Å². The van der Waals surface area contributed by atoms with Crippen LogP contribution in [0.3, 0.4) is 0 Å². The Hall–Kier alpha value is -1.80. The van der Waals surface area contributed by atoms with Crippen LogP contribution in [-0.4, -0.2) is 51.8 Å². The largest absolute Gasteiger partial charge is 0.493 e. The topological polar surface area (TPSA) is 82.1 Å². The zero-order chi connectivity index (χ0) is 19.0. The van der Waals surface area contributed by atoms with E-state index in [0.717, 1.165) is 12.0 Å². The summed E-state index contributed by atoms with van der Waals surface area (Å²) in [6.45, 7) is 5.77. The number of rotatable bonds is 10. The summed E-state index contributed by atoms with van der Waals surface area (Å²) in [6.07, 6.45) is 0.791. The van der Waals surface area contributed by atoms with E-state index >= 15 is 0 Å². The van der Waals surface area contributed by atoms with Crippen LogP contribution in [-0.2, 0) is 26.2 Å². The van der Waals surface area contributed by atoms with Gasteiger partial charge in [-0.25, -0.2) is 0 Å². The molecule has 1 atom stereocenters. The minimum atomic E-state index is -3.68. The summed E-state index contributed by atoms with van der Waals surface area (Å²) in [6, 6.07) is 5.01. The van der Waals surface area contributed by atoms with Gasteiger partial charge in [0.2, 0.25) is 5.91 Å². The van der Waals surface area contributed by atoms with E-state index in [1.54, 1.807) is 23.1 Å². The number of ether oxygens (including phenoxy) is 2. The average molecular weight is 373 g/mol. The summed E-state index contributed by atoms with van der Waals surface area (Å²) in [5, 5.41) is 0. The maximum atomic E-state index is 12.3. The fourth-order valence-electron chi connectivity index (χ4n) is 2.19. The van der Waals surface area contributed by atoms with Crippen molar-refractivity contribution in [3.05, 3.63) is 23.8 Å². The Bertz CT molecular complexity index is 674. The number of methoxy groups -OCH3 is 2. The van der Waals surface area contributed by atoms with Crippen molar-refractivity contribution in [3.8, 4) is 11.5 Å². The molecule has 0 aliphatic heterocycles. The first-order valence-electron chi connectivity index (χ1n) is 8.15. The lowest BCUT2D eigenvalue weighted by molar-refractivity contribution is -0.138. The van der Waals surface area contributed by atoms with Crippen molar-refractivity contribution in [2.24, 2.45) is 0 Å². The minimum absolute atomic E-state index is 0.00589. The summed E-state index contributed by atoms with van der Waals surface area (Å²) in [5.74, 6) is 0.159. The molecule has 0 saturated carbocycles. The summed E-state index contributed by atoms with van der Waals surface area (Å²) in [4.78, 5) is 14.0. The van der Waals surface area contributed by atoms with E-state index in [1.807, 2.05) is 13.8 Å². The van der Waals surface area contributed by atoms with E-state index in [4.69, 9.17) is 13.7 Å². The Morgan fingerprint density at radius 1 is 1.20 bits per heavy atom. The van der Waals surface area contributed by atoms with Gasteiger partial charge in [0.25, 0.3) is 0 Å². The molecule has 0 heterocycles. The number of hydrogen-bond acceptors (Lipinski definition) is 6. The quantitative estimate of drug-likeness (QED) is 0.585. The second-order valence-corrected chi connectivity index (χ2v) is 7.49. The van der Waals surface area contributed by atoms with Gasteiger partial charge in [-0.3, -0.25) is 4.79 Å². The third-order valence-corrected chi connectivity index (χ3v) is 5.00. The summed E-state index contributed by atoms with van der Waals surface area (Å²) in [5.41, 5.74) is 0.742. The maximum Gasteiger partial charge on any atom is 0.309 e. The molecular formula is C17H27NO6S. The van der Waals surface area contributed by atoms with Crippen LogP contribution in [0, 0.1) is 0 Å². The molecule has 1 aromatic carbocycles. The fraction of sp³-hybridized carbons (Fsp3) is 0.588. The molecule has 7 nitrogen and oxygen atoms in total. The highest BCUT2D eigenvalue weighted by Crippen LogP contribution is 2.30. The molecule has 1 rings (SSSR count). The summed E-state index contributed by atoms with van der Waals surface area (Å²) < 4.78 is 38.7. The predicted molar refractivity (Wildman–Crippen MR) is 95.3 cm³/mol. The van der Waals surface area contributed by atoms with Crippen LogP contribution in [0.4, 0.5) is 0 Å². The van der Waals surface area contributed by atoms with Crippen molar-refractivity contribution in [1.29, 1.82) is 0 Å². The Balaban J connectivity index is 3.12. The highest BCUT2D eigenvalue weighted by Gasteiger charge is 2.21. The van der Waals surface area contributed by atoms with Gasteiger partial charge in [-0.05, 0) is 38.0 Å². The number of carbonyl (C=O) groups excluding carboxylic acids is 1. The van der Waals surface area contributed by atoms with Crippen LogP contribution in [0.1, 0.15) is 32.8 Å². The van der Waals surface area contributed by atoms with Crippen molar-refractivity contribution in [2.75, 3.05) is 26.6 Å². The average Bonchev–Trinajstić information content (AvgIpc) is 2.59. The van der Waals surface area contributed by atoms with E-state index in [9.17, 15) is 13.2 Å². The smallest absolute Gasteiger partial charge is 0.309 e. The molecule has 0 aromatic heterocycles. The van der Waals surface area contributed by atoms with Crippen LogP contribution < -0.4 is 8.92 Å². The summed E-state index contributed by atoms with van der Waals surface area (Å²) in [7, 11) is -0.765. The number of carbonyl (C=O) groups is 1. The Labute approximate surface area is 150 Å². The Morgan fingerprint density at radius 2 is 1.88 bits per heavy atom. The number of hydrogen-bond donors (Lipinski definition) is 0.